The van der Waals surface area contributed by atoms with Crippen molar-refractivity contribution in [1.82, 2.24) is 9.97 Å². The van der Waals surface area contributed by atoms with Crippen LogP contribution in [0, 0.1) is 11.6 Å². The van der Waals surface area contributed by atoms with E-state index in [0.717, 1.165) is 18.2 Å². The molecule has 0 bridgehead atoms. The molecule has 4 nitrogen and oxygen atoms in total. The number of benzene rings is 1. The summed E-state index contributed by atoms with van der Waals surface area (Å²) in [6, 6.07) is 2.73. The van der Waals surface area contributed by atoms with Crippen LogP contribution in [0.1, 0.15) is 0 Å². The molecule has 0 N–H and O–H groups in total. The molecule has 2 rings (SSSR count). The first-order chi connectivity index (χ1) is 8.58. The van der Waals surface area contributed by atoms with Crippen LogP contribution in [0.25, 0.3) is 0 Å². The molecule has 7 heteroatoms. The number of nitrogens with zero attached hydrogens (tertiary/aromatic N) is 2. The van der Waals surface area contributed by atoms with Crippen molar-refractivity contribution in [3.63, 3.8) is 0 Å². The highest BCUT2D eigenvalue weighted by molar-refractivity contribution is 9.10. The van der Waals surface area contributed by atoms with Crippen molar-refractivity contribution in [3.8, 4) is 17.6 Å². The van der Waals surface area contributed by atoms with Crippen LogP contribution in [0.15, 0.2) is 28.9 Å². The third-order valence-corrected chi connectivity index (χ3v) is 2.47. The fraction of sp³-hybridized carbons (Fsp3) is 0.0909. The molecule has 0 atom stereocenters. The molecular weight excluding hydrogens is 310 g/mol. The lowest BCUT2D eigenvalue weighted by Crippen LogP contribution is -1.96. The summed E-state index contributed by atoms with van der Waals surface area (Å²) in [5, 5.41) is 0. The number of halogens is 3. The monoisotopic (exact) mass is 316 g/mol. The van der Waals surface area contributed by atoms with E-state index in [0.29, 0.717) is 4.47 Å². The Morgan fingerprint density at radius 2 is 1.83 bits per heavy atom. The van der Waals surface area contributed by atoms with Crippen LogP contribution >= 0.6 is 15.9 Å². The second-order valence-corrected chi connectivity index (χ2v) is 4.07. The minimum atomic E-state index is -0.742. The highest BCUT2D eigenvalue weighted by atomic mass is 79.9. The zero-order valence-electron chi connectivity index (χ0n) is 9.15. The fourth-order valence-electron chi connectivity index (χ4n) is 1.22. The fourth-order valence-corrected chi connectivity index (χ4v) is 1.57. The first kappa shape index (κ1) is 12.7. The summed E-state index contributed by atoms with van der Waals surface area (Å²) in [7, 11) is 1.43. The zero-order chi connectivity index (χ0) is 13.1. The Balaban J connectivity index is 2.28. The van der Waals surface area contributed by atoms with E-state index < -0.39 is 11.6 Å². The molecule has 0 aliphatic rings. The van der Waals surface area contributed by atoms with E-state index in [1.807, 2.05) is 0 Å². The van der Waals surface area contributed by atoms with Crippen molar-refractivity contribution in [1.29, 1.82) is 0 Å². The quantitative estimate of drug-likeness (QED) is 0.871. The Hall–Kier alpha value is -1.76. The highest BCUT2D eigenvalue weighted by Crippen LogP contribution is 2.26. The van der Waals surface area contributed by atoms with Crippen LogP contribution in [0.5, 0.6) is 17.6 Å². The van der Waals surface area contributed by atoms with E-state index in [1.54, 1.807) is 0 Å². The summed E-state index contributed by atoms with van der Waals surface area (Å²) in [5.41, 5.74) is 0. The second-order valence-electron chi connectivity index (χ2n) is 3.22. The van der Waals surface area contributed by atoms with Gasteiger partial charge in [0.15, 0.2) is 0 Å². The normalized spacial score (nSPS) is 10.2. The van der Waals surface area contributed by atoms with E-state index in [2.05, 4.69) is 25.9 Å². The summed E-state index contributed by atoms with van der Waals surface area (Å²) >= 11 is 3.17. The SMILES string of the molecule is COc1nc(Oc2cc(F)cc(F)c2)ncc1Br. The molecule has 0 aliphatic carbocycles. The summed E-state index contributed by atoms with van der Waals surface area (Å²) in [4.78, 5) is 7.73. The predicted octanol–water partition coefficient (Wildman–Crippen LogP) is 3.32. The van der Waals surface area contributed by atoms with E-state index in [-0.39, 0.29) is 17.6 Å². The number of ether oxygens (including phenoxy) is 2. The minimum absolute atomic E-state index is 0.0307. The lowest BCUT2D eigenvalue weighted by molar-refractivity contribution is 0.372. The molecule has 18 heavy (non-hydrogen) atoms. The number of methoxy groups -OCH3 is 1. The van der Waals surface area contributed by atoms with Crippen molar-refractivity contribution in [3.05, 3.63) is 40.5 Å². The summed E-state index contributed by atoms with van der Waals surface area (Å²) in [6.45, 7) is 0. The van der Waals surface area contributed by atoms with Gasteiger partial charge >= 0.3 is 6.01 Å². The maximum Gasteiger partial charge on any atom is 0.325 e. The van der Waals surface area contributed by atoms with Crippen LogP contribution in [0.4, 0.5) is 8.78 Å². The molecule has 0 saturated carbocycles. The Morgan fingerprint density at radius 3 is 2.44 bits per heavy atom. The number of aromatic nitrogens is 2. The van der Waals surface area contributed by atoms with Gasteiger partial charge < -0.3 is 9.47 Å². The van der Waals surface area contributed by atoms with Gasteiger partial charge in [0.05, 0.1) is 17.8 Å². The summed E-state index contributed by atoms with van der Waals surface area (Å²) < 4.78 is 36.5. The van der Waals surface area contributed by atoms with Gasteiger partial charge in [0.1, 0.15) is 17.4 Å². The summed E-state index contributed by atoms with van der Waals surface area (Å²) in [6.07, 6.45) is 1.41. The molecule has 0 spiro atoms. The molecule has 1 heterocycles. The van der Waals surface area contributed by atoms with Crippen LogP contribution in [0.2, 0.25) is 0 Å². The lowest BCUT2D eigenvalue weighted by atomic mass is 10.3. The maximum atomic E-state index is 12.9. The third-order valence-electron chi connectivity index (χ3n) is 1.93. The Bertz CT molecular complexity index is 561. The number of rotatable bonds is 3. The Labute approximate surface area is 110 Å². The third kappa shape index (κ3) is 2.92. The van der Waals surface area contributed by atoms with Gasteiger partial charge in [-0.2, -0.15) is 4.98 Å². The molecule has 0 unspecified atom stereocenters. The van der Waals surface area contributed by atoms with Gasteiger partial charge in [-0.1, -0.05) is 0 Å². The molecule has 0 fully saturated rings. The van der Waals surface area contributed by atoms with Crippen LogP contribution in [-0.4, -0.2) is 17.1 Å². The first-order valence-corrected chi connectivity index (χ1v) is 5.58. The van der Waals surface area contributed by atoms with Crippen molar-refractivity contribution >= 4 is 15.9 Å². The van der Waals surface area contributed by atoms with Crippen molar-refractivity contribution in [2.24, 2.45) is 0 Å². The molecule has 1 aromatic heterocycles. The first-order valence-electron chi connectivity index (χ1n) is 4.79. The molecule has 0 aliphatic heterocycles. The van der Waals surface area contributed by atoms with E-state index in [1.165, 1.54) is 13.3 Å². The van der Waals surface area contributed by atoms with Gasteiger partial charge in [0.2, 0.25) is 5.88 Å². The molecule has 0 amide bonds. The van der Waals surface area contributed by atoms with Gasteiger partial charge in [-0.05, 0) is 15.9 Å². The smallest absolute Gasteiger partial charge is 0.325 e. The van der Waals surface area contributed by atoms with Gasteiger partial charge in [-0.3, -0.25) is 0 Å². The largest absolute Gasteiger partial charge is 0.480 e. The average Bonchev–Trinajstić information content (AvgIpc) is 2.30. The molecule has 1 aromatic carbocycles. The molecule has 0 radical (unpaired) electrons. The van der Waals surface area contributed by atoms with Gasteiger partial charge in [0.25, 0.3) is 0 Å². The van der Waals surface area contributed by atoms with E-state index >= 15 is 0 Å². The highest BCUT2D eigenvalue weighted by Gasteiger charge is 2.08. The van der Waals surface area contributed by atoms with Gasteiger partial charge in [-0.25, -0.2) is 13.8 Å². The van der Waals surface area contributed by atoms with Crippen molar-refractivity contribution in [2.75, 3.05) is 7.11 Å². The average molecular weight is 317 g/mol. The Morgan fingerprint density at radius 1 is 1.17 bits per heavy atom. The van der Waals surface area contributed by atoms with Crippen molar-refractivity contribution < 1.29 is 18.3 Å². The zero-order valence-corrected chi connectivity index (χ0v) is 10.7. The predicted molar refractivity (Wildman–Crippen MR) is 62.7 cm³/mol. The minimum Gasteiger partial charge on any atom is -0.480 e. The van der Waals surface area contributed by atoms with Gasteiger partial charge in [-0.15, -0.1) is 0 Å². The van der Waals surface area contributed by atoms with Gasteiger partial charge in [0, 0.05) is 18.2 Å². The Kier molecular flexibility index (Phi) is 3.71. The molecule has 0 saturated heterocycles. The van der Waals surface area contributed by atoms with Crippen LogP contribution in [-0.2, 0) is 0 Å². The van der Waals surface area contributed by atoms with Crippen molar-refractivity contribution in [2.45, 2.75) is 0 Å². The topological polar surface area (TPSA) is 44.2 Å². The van der Waals surface area contributed by atoms with E-state index in [9.17, 15) is 8.78 Å². The van der Waals surface area contributed by atoms with Crippen LogP contribution < -0.4 is 9.47 Å². The van der Waals surface area contributed by atoms with Crippen LogP contribution in [0.3, 0.4) is 0 Å². The second kappa shape index (κ2) is 5.26. The standard InChI is InChI=1S/C11H7BrF2N2O2/c1-17-10-9(12)5-15-11(16-10)18-8-3-6(13)2-7(14)4-8/h2-5H,1H3. The summed E-state index contributed by atoms with van der Waals surface area (Å²) in [5.74, 6) is -1.25. The molecular formula is C11H7BrF2N2O2. The molecule has 2 aromatic rings. The maximum absolute atomic E-state index is 12.9. The molecule has 94 valence electrons. The lowest BCUT2D eigenvalue weighted by Gasteiger charge is -2.06. The van der Waals surface area contributed by atoms with E-state index in [4.69, 9.17) is 9.47 Å². The number of hydrogen-bond acceptors (Lipinski definition) is 4. The number of hydrogen-bond donors (Lipinski definition) is 0.